The third-order valence-electron chi connectivity index (χ3n) is 5.74. The molecule has 1 aliphatic rings. The number of para-hydroxylation sites is 2. The number of hydrogen-bond acceptors (Lipinski definition) is 3. The van der Waals surface area contributed by atoms with Gasteiger partial charge < -0.3 is 9.47 Å². The van der Waals surface area contributed by atoms with E-state index in [1.54, 1.807) is 12.1 Å². The van der Waals surface area contributed by atoms with Crippen molar-refractivity contribution in [1.29, 1.82) is 0 Å². The molecule has 2 heterocycles. The molecule has 0 aliphatic carbocycles. The standard InChI is InChI=1S/C23H26FN3O/c24-20-9-7-18(8-10-20)23(28)19-11-15-26(16-12-19)13-3-4-14-27-17-25-21-5-1-2-6-22(21)27/h1-2,5-10,17,19H,3-4,11-16H2. The quantitative estimate of drug-likeness (QED) is 0.446. The van der Waals surface area contributed by atoms with Crippen LogP contribution in [0.4, 0.5) is 4.39 Å². The third kappa shape index (κ3) is 4.30. The molecular formula is C23H26FN3O. The number of hydrogen-bond donors (Lipinski definition) is 0. The zero-order valence-electron chi connectivity index (χ0n) is 16.1. The minimum atomic E-state index is -0.296. The van der Waals surface area contributed by atoms with Crippen molar-refractivity contribution in [3.63, 3.8) is 0 Å². The van der Waals surface area contributed by atoms with Crippen LogP contribution in [0.3, 0.4) is 0 Å². The largest absolute Gasteiger partial charge is 0.331 e. The van der Waals surface area contributed by atoms with Crippen molar-refractivity contribution in [2.75, 3.05) is 19.6 Å². The number of rotatable bonds is 7. The van der Waals surface area contributed by atoms with Gasteiger partial charge in [0.25, 0.3) is 0 Å². The molecule has 0 amide bonds. The summed E-state index contributed by atoms with van der Waals surface area (Å²) in [4.78, 5) is 19.5. The Hall–Kier alpha value is -2.53. The van der Waals surface area contributed by atoms with Crippen LogP contribution in [0.15, 0.2) is 54.9 Å². The van der Waals surface area contributed by atoms with Gasteiger partial charge in [-0.25, -0.2) is 9.37 Å². The zero-order chi connectivity index (χ0) is 19.3. The second-order valence-corrected chi connectivity index (χ2v) is 7.62. The van der Waals surface area contributed by atoms with E-state index in [0.29, 0.717) is 5.56 Å². The zero-order valence-corrected chi connectivity index (χ0v) is 16.1. The van der Waals surface area contributed by atoms with Crippen molar-refractivity contribution >= 4 is 16.8 Å². The molecule has 1 saturated heterocycles. The van der Waals surface area contributed by atoms with E-state index < -0.39 is 0 Å². The van der Waals surface area contributed by atoms with E-state index >= 15 is 0 Å². The molecule has 0 unspecified atom stereocenters. The molecule has 3 aromatic rings. The summed E-state index contributed by atoms with van der Waals surface area (Å²) in [5.41, 5.74) is 2.88. The summed E-state index contributed by atoms with van der Waals surface area (Å²) in [6.45, 7) is 3.99. The maximum absolute atomic E-state index is 13.0. The number of unbranched alkanes of at least 4 members (excludes halogenated alkanes) is 1. The SMILES string of the molecule is O=C(c1ccc(F)cc1)C1CCN(CCCCn2cnc3ccccc32)CC1. The van der Waals surface area contributed by atoms with Gasteiger partial charge in [-0.05, 0) is 81.7 Å². The van der Waals surface area contributed by atoms with Crippen LogP contribution < -0.4 is 0 Å². The number of ketones is 1. The van der Waals surface area contributed by atoms with Crippen LogP contribution in [0.1, 0.15) is 36.0 Å². The molecule has 4 rings (SSSR count). The van der Waals surface area contributed by atoms with E-state index in [2.05, 4.69) is 26.6 Å². The molecule has 2 aromatic carbocycles. The minimum absolute atomic E-state index is 0.0685. The Morgan fingerprint density at radius 2 is 1.71 bits per heavy atom. The van der Waals surface area contributed by atoms with Crippen LogP contribution in [-0.2, 0) is 6.54 Å². The Morgan fingerprint density at radius 1 is 1.00 bits per heavy atom. The normalized spacial score (nSPS) is 15.9. The van der Waals surface area contributed by atoms with Gasteiger partial charge in [-0.1, -0.05) is 12.1 Å². The Morgan fingerprint density at radius 3 is 2.50 bits per heavy atom. The molecule has 146 valence electrons. The summed E-state index contributed by atoms with van der Waals surface area (Å²) < 4.78 is 15.3. The van der Waals surface area contributed by atoms with Crippen LogP contribution in [-0.4, -0.2) is 39.9 Å². The second kappa shape index (κ2) is 8.65. The molecule has 5 heteroatoms. The molecule has 4 nitrogen and oxygen atoms in total. The molecule has 0 bridgehead atoms. The van der Waals surface area contributed by atoms with E-state index in [9.17, 15) is 9.18 Å². The summed E-state index contributed by atoms with van der Waals surface area (Å²) in [6.07, 6.45) is 5.97. The molecule has 0 radical (unpaired) electrons. The first-order valence-electron chi connectivity index (χ1n) is 10.1. The highest BCUT2D eigenvalue weighted by molar-refractivity contribution is 5.97. The number of likely N-dealkylation sites (tertiary alicyclic amines) is 1. The molecule has 0 spiro atoms. The maximum Gasteiger partial charge on any atom is 0.166 e. The fourth-order valence-electron chi connectivity index (χ4n) is 4.07. The summed E-state index contributed by atoms with van der Waals surface area (Å²) in [7, 11) is 0. The van der Waals surface area contributed by atoms with E-state index in [0.717, 1.165) is 57.4 Å². The lowest BCUT2D eigenvalue weighted by Crippen LogP contribution is -2.37. The Kier molecular flexibility index (Phi) is 5.81. The Labute approximate surface area is 165 Å². The molecular weight excluding hydrogens is 353 g/mol. The average molecular weight is 379 g/mol. The number of halogens is 1. The number of aromatic nitrogens is 2. The fraction of sp³-hybridized carbons (Fsp3) is 0.391. The van der Waals surface area contributed by atoms with Gasteiger partial charge in [0.15, 0.2) is 5.78 Å². The van der Waals surface area contributed by atoms with Gasteiger partial charge in [-0.15, -0.1) is 0 Å². The van der Waals surface area contributed by atoms with Gasteiger partial charge >= 0.3 is 0 Å². The van der Waals surface area contributed by atoms with Crippen molar-refractivity contribution in [2.24, 2.45) is 5.92 Å². The van der Waals surface area contributed by atoms with Crippen LogP contribution in [0.2, 0.25) is 0 Å². The first-order valence-corrected chi connectivity index (χ1v) is 10.1. The van der Waals surface area contributed by atoms with E-state index in [1.165, 1.54) is 17.6 Å². The summed E-state index contributed by atoms with van der Waals surface area (Å²) in [5, 5.41) is 0. The number of benzene rings is 2. The fourth-order valence-corrected chi connectivity index (χ4v) is 4.07. The maximum atomic E-state index is 13.0. The molecule has 1 fully saturated rings. The lowest BCUT2D eigenvalue weighted by Gasteiger charge is -2.31. The third-order valence-corrected chi connectivity index (χ3v) is 5.74. The van der Waals surface area contributed by atoms with E-state index in [4.69, 9.17) is 0 Å². The molecule has 0 N–H and O–H groups in total. The highest BCUT2D eigenvalue weighted by Crippen LogP contribution is 2.22. The Bertz CT molecular complexity index is 926. The number of nitrogens with zero attached hydrogens (tertiary/aromatic N) is 3. The van der Waals surface area contributed by atoms with Gasteiger partial charge in [-0.3, -0.25) is 4.79 Å². The van der Waals surface area contributed by atoms with Gasteiger partial charge in [0, 0.05) is 18.0 Å². The highest BCUT2D eigenvalue weighted by Gasteiger charge is 2.25. The van der Waals surface area contributed by atoms with Crippen molar-refractivity contribution in [1.82, 2.24) is 14.5 Å². The highest BCUT2D eigenvalue weighted by atomic mass is 19.1. The van der Waals surface area contributed by atoms with Crippen molar-refractivity contribution in [3.8, 4) is 0 Å². The second-order valence-electron chi connectivity index (χ2n) is 7.62. The average Bonchev–Trinajstić information content (AvgIpc) is 3.15. The van der Waals surface area contributed by atoms with Crippen LogP contribution in [0, 0.1) is 11.7 Å². The molecule has 28 heavy (non-hydrogen) atoms. The van der Waals surface area contributed by atoms with Crippen molar-refractivity contribution in [3.05, 3.63) is 66.2 Å². The number of fused-ring (bicyclic) bond motifs is 1. The molecule has 1 aliphatic heterocycles. The van der Waals surface area contributed by atoms with E-state index in [1.807, 2.05) is 18.5 Å². The summed E-state index contributed by atoms with van der Waals surface area (Å²) in [5.74, 6) is -0.0688. The lowest BCUT2D eigenvalue weighted by atomic mass is 9.89. The molecule has 0 atom stereocenters. The first-order chi connectivity index (χ1) is 13.7. The van der Waals surface area contributed by atoms with Gasteiger partial charge in [0.1, 0.15) is 5.82 Å². The van der Waals surface area contributed by atoms with Gasteiger partial charge in [0.05, 0.1) is 17.4 Å². The number of Topliss-reactive ketones (excluding diaryl/α,β-unsaturated/α-hetero) is 1. The Balaban J connectivity index is 1.19. The smallest absolute Gasteiger partial charge is 0.166 e. The van der Waals surface area contributed by atoms with Crippen LogP contribution in [0.5, 0.6) is 0 Å². The number of imidazole rings is 1. The number of carbonyl (C=O) groups excluding carboxylic acids is 1. The van der Waals surface area contributed by atoms with Crippen molar-refractivity contribution < 1.29 is 9.18 Å². The van der Waals surface area contributed by atoms with Crippen LogP contribution >= 0.6 is 0 Å². The first kappa shape index (κ1) is 18.8. The van der Waals surface area contributed by atoms with Gasteiger partial charge in [-0.2, -0.15) is 0 Å². The number of aryl methyl sites for hydroxylation is 1. The molecule has 1 aromatic heterocycles. The predicted molar refractivity (Wildman–Crippen MR) is 109 cm³/mol. The molecule has 0 saturated carbocycles. The summed E-state index contributed by atoms with van der Waals surface area (Å²) in [6, 6.07) is 14.2. The van der Waals surface area contributed by atoms with E-state index in [-0.39, 0.29) is 17.5 Å². The lowest BCUT2D eigenvalue weighted by molar-refractivity contribution is 0.0838. The van der Waals surface area contributed by atoms with Crippen LogP contribution in [0.25, 0.3) is 11.0 Å². The summed E-state index contributed by atoms with van der Waals surface area (Å²) >= 11 is 0. The monoisotopic (exact) mass is 379 g/mol. The topological polar surface area (TPSA) is 38.1 Å². The number of carbonyl (C=O) groups is 1. The predicted octanol–water partition coefficient (Wildman–Crippen LogP) is 4.55. The van der Waals surface area contributed by atoms with Crippen molar-refractivity contribution in [2.45, 2.75) is 32.2 Å². The van der Waals surface area contributed by atoms with Gasteiger partial charge in [0.2, 0.25) is 0 Å². The minimum Gasteiger partial charge on any atom is -0.331 e. The number of piperidine rings is 1.